The minimum absolute atomic E-state index is 0.0272. The molecule has 2 aromatic heterocycles. The van der Waals surface area contributed by atoms with Crippen LogP contribution >= 0.6 is 0 Å². The predicted molar refractivity (Wildman–Crippen MR) is 87.9 cm³/mol. The van der Waals surface area contributed by atoms with Crippen LogP contribution in [-0.2, 0) is 24.4 Å². The number of carbonyl (C=O) groups excluding carboxylic acids is 2. The van der Waals surface area contributed by atoms with Gasteiger partial charge in [-0.05, 0) is 18.2 Å². The Morgan fingerprint density at radius 3 is 2.83 bits per heavy atom. The van der Waals surface area contributed by atoms with Gasteiger partial charge >= 0.3 is 0 Å². The highest BCUT2D eigenvalue weighted by atomic mass is 16.2. The summed E-state index contributed by atoms with van der Waals surface area (Å²) in [6.45, 7) is 5.88. The molecule has 0 fully saturated rings. The number of nitrogens with zero attached hydrogens (tertiary/aromatic N) is 4. The molecule has 0 saturated carbocycles. The first-order chi connectivity index (χ1) is 11.5. The smallest absolute Gasteiger partial charge is 0.272 e. The van der Waals surface area contributed by atoms with E-state index in [1.165, 1.54) is 0 Å². The normalized spacial score (nSPS) is 13.7. The van der Waals surface area contributed by atoms with Gasteiger partial charge in [-0.25, -0.2) is 0 Å². The SMILES string of the molecule is CC(C)C(=O)N1CCn2nc(C(=O)NCc3ccccn3)cc2C1. The molecule has 7 heteroatoms. The van der Waals surface area contributed by atoms with Crippen molar-refractivity contribution in [2.24, 2.45) is 5.92 Å². The number of amides is 2. The summed E-state index contributed by atoms with van der Waals surface area (Å²) in [7, 11) is 0. The maximum Gasteiger partial charge on any atom is 0.272 e. The highest BCUT2D eigenvalue weighted by molar-refractivity contribution is 5.92. The van der Waals surface area contributed by atoms with E-state index in [1.54, 1.807) is 16.9 Å². The third-order valence-corrected chi connectivity index (χ3v) is 3.99. The molecule has 126 valence electrons. The lowest BCUT2D eigenvalue weighted by atomic mass is 10.1. The maximum absolute atomic E-state index is 12.3. The molecule has 0 spiro atoms. The van der Waals surface area contributed by atoms with Crippen molar-refractivity contribution >= 4 is 11.8 Å². The van der Waals surface area contributed by atoms with E-state index >= 15 is 0 Å². The van der Waals surface area contributed by atoms with Crippen LogP contribution in [0.1, 0.15) is 35.7 Å². The summed E-state index contributed by atoms with van der Waals surface area (Å²) in [5.74, 6) is -0.131. The zero-order valence-electron chi connectivity index (χ0n) is 13.9. The minimum Gasteiger partial charge on any atom is -0.345 e. The molecule has 0 radical (unpaired) electrons. The molecule has 0 aliphatic carbocycles. The average Bonchev–Trinajstić information content (AvgIpc) is 3.03. The first-order valence-electron chi connectivity index (χ1n) is 8.08. The molecule has 3 rings (SSSR count). The van der Waals surface area contributed by atoms with Crippen LogP contribution in [0.25, 0.3) is 0 Å². The first-order valence-corrected chi connectivity index (χ1v) is 8.08. The monoisotopic (exact) mass is 327 g/mol. The number of pyridine rings is 1. The molecule has 24 heavy (non-hydrogen) atoms. The van der Waals surface area contributed by atoms with Crippen LogP contribution in [0.4, 0.5) is 0 Å². The summed E-state index contributed by atoms with van der Waals surface area (Å²) in [6, 6.07) is 7.32. The largest absolute Gasteiger partial charge is 0.345 e. The van der Waals surface area contributed by atoms with Crippen LogP contribution in [0.2, 0.25) is 0 Å². The topological polar surface area (TPSA) is 80.1 Å². The van der Waals surface area contributed by atoms with Crippen LogP contribution in [0, 0.1) is 5.92 Å². The van der Waals surface area contributed by atoms with Gasteiger partial charge in [0.05, 0.1) is 31.0 Å². The van der Waals surface area contributed by atoms with E-state index in [0.29, 0.717) is 31.9 Å². The number of aromatic nitrogens is 3. The summed E-state index contributed by atoms with van der Waals surface area (Å²) in [6.07, 6.45) is 1.69. The molecule has 1 aliphatic rings. The van der Waals surface area contributed by atoms with Crippen LogP contribution in [0.5, 0.6) is 0 Å². The molecule has 0 unspecified atom stereocenters. The van der Waals surface area contributed by atoms with E-state index in [2.05, 4.69) is 15.4 Å². The third kappa shape index (κ3) is 3.45. The lowest BCUT2D eigenvalue weighted by Gasteiger charge is -2.29. The van der Waals surface area contributed by atoms with Crippen LogP contribution in [0.3, 0.4) is 0 Å². The highest BCUT2D eigenvalue weighted by Crippen LogP contribution is 2.16. The fourth-order valence-corrected chi connectivity index (χ4v) is 2.69. The van der Waals surface area contributed by atoms with Crippen molar-refractivity contribution in [3.63, 3.8) is 0 Å². The molecule has 3 heterocycles. The first kappa shape index (κ1) is 16.2. The molecule has 0 aromatic carbocycles. The lowest BCUT2D eigenvalue weighted by molar-refractivity contribution is -0.136. The number of hydrogen-bond donors (Lipinski definition) is 1. The van der Waals surface area contributed by atoms with Crippen molar-refractivity contribution in [2.45, 2.75) is 33.5 Å². The lowest BCUT2D eigenvalue weighted by Crippen LogP contribution is -2.40. The van der Waals surface area contributed by atoms with Gasteiger partial charge < -0.3 is 10.2 Å². The van der Waals surface area contributed by atoms with Gasteiger partial charge in [-0.2, -0.15) is 5.10 Å². The Morgan fingerprint density at radius 2 is 2.12 bits per heavy atom. The maximum atomic E-state index is 12.3. The van der Waals surface area contributed by atoms with E-state index in [9.17, 15) is 9.59 Å². The van der Waals surface area contributed by atoms with Crippen molar-refractivity contribution in [1.82, 2.24) is 25.0 Å². The van der Waals surface area contributed by atoms with Crippen LogP contribution < -0.4 is 5.32 Å². The van der Waals surface area contributed by atoms with Crippen LogP contribution in [-0.4, -0.2) is 38.0 Å². The van der Waals surface area contributed by atoms with Crippen molar-refractivity contribution < 1.29 is 9.59 Å². The van der Waals surface area contributed by atoms with Gasteiger partial charge in [0.15, 0.2) is 5.69 Å². The highest BCUT2D eigenvalue weighted by Gasteiger charge is 2.25. The fraction of sp³-hybridized carbons (Fsp3) is 0.412. The van der Waals surface area contributed by atoms with Crippen molar-refractivity contribution in [3.05, 3.63) is 47.5 Å². The second-order valence-electron chi connectivity index (χ2n) is 6.16. The molecule has 0 saturated heterocycles. The Labute approximate surface area is 140 Å². The van der Waals surface area contributed by atoms with Crippen molar-refractivity contribution in [3.8, 4) is 0 Å². The van der Waals surface area contributed by atoms with Crippen LogP contribution in [0.15, 0.2) is 30.5 Å². The van der Waals surface area contributed by atoms with Gasteiger partial charge in [0, 0.05) is 18.7 Å². The molecular formula is C17H21N5O2. The Hall–Kier alpha value is -2.70. The number of hydrogen-bond acceptors (Lipinski definition) is 4. The van der Waals surface area contributed by atoms with Crippen molar-refractivity contribution in [1.29, 1.82) is 0 Å². The molecule has 2 amide bonds. The fourth-order valence-electron chi connectivity index (χ4n) is 2.69. The molecule has 2 aromatic rings. The van der Waals surface area contributed by atoms with E-state index < -0.39 is 0 Å². The van der Waals surface area contributed by atoms with Gasteiger partial charge in [0.1, 0.15) is 0 Å². The quantitative estimate of drug-likeness (QED) is 0.915. The second-order valence-corrected chi connectivity index (χ2v) is 6.16. The summed E-state index contributed by atoms with van der Waals surface area (Å²) in [5.41, 5.74) is 2.06. The van der Waals surface area contributed by atoms with Crippen molar-refractivity contribution in [2.75, 3.05) is 6.54 Å². The number of carbonyl (C=O) groups is 2. The second kappa shape index (κ2) is 6.82. The van der Waals surface area contributed by atoms with Gasteiger partial charge in [0.25, 0.3) is 5.91 Å². The Morgan fingerprint density at radius 1 is 1.29 bits per heavy atom. The number of rotatable bonds is 4. The van der Waals surface area contributed by atoms with Gasteiger partial charge in [-0.15, -0.1) is 0 Å². The van der Waals surface area contributed by atoms with Gasteiger partial charge in [-0.3, -0.25) is 19.3 Å². The summed E-state index contributed by atoms with van der Waals surface area (Å²) in [5, 5.41) is 7.17. The Bertz CT molecular complexity index is 739. The van der Waals surface area contributed by atoms with Gasteiger partial charge in [0.2, 0.25) is 5.91 Å². The molecule has 7 nitrogen and oxygen atoms in total. The van der Waals surface area contributed by atoms with E-state index in [4.69, 9.17) is 0 Å². The number of fused-ring (bicyclic) bond motifs is 1. The average molecular weight is 327 g/mol. The standard InChI is InChI=1S/C17H21N5O2/c1-12(2)17(24)21-7-8-22-14(11-21)9-15(20-22)16(23)19-10-13-5-3-4-6-18-13/h3-6,9,12H,7-8,10-11H2,1-2H3,(H,19,23). The molecule has 0 bridgehead atoms. The summed E-state index contributed by atoms with van der Waals surface area (Å²) >= 11 is 0. The predicted octanol–water partition coefficient (Wildman–Crippen LogP) is 1.21. The molecule has 0 atom stereocenters. The zero-order chi connectivity index (χ0) is 17.1. The summed E-state index contributed by atoms with van der Waals surface area (Å²) in [4.78, 5) is 30.4. The van der Waals surface area contributed by atoms with Gasteiger partial charge in [-0.1, -0.05) is 19.9 Å². The molecule has 1 N–H and O–H groups in total. The Kier molecular flexibility index (Phi) is 4.59. The van der Waals surface area contributed by atoms with E-state index in [-0.39, 0.29) is 17.7 Å². The van der Waals surface area contributed by atoms with E-state index in [0.717, 1.165) is 11.4 Å². The minimum atomic E-state index is -0.232. The third-order valence-electron chi connectivity index (χ3n) is 3.99. The van der Waals surface area contributed by atoms with E-state index in [1.807, 2.05) is 36.9 Å². The Balaban J connectivity index is 1.65. The summed E-state index contributed by atoms with van der Waals surface area (Å²) < 4.78 is 1.81. The zero-order valence-corrected chi connectivity index (χ0v) is 13.9. The number of nitrogens with one attached hydrogen (secondary N) is 1. The molecule has 1 aliphatic heterocycles. The molecular weight excluding hydrogens is 306 g/mol.